The van der Waals surface area contributed by atoms with Crippen molar-refractivity contribution in [2.24, 2.45) is 0 Å². The van der Waals surface area contributed by atoms with E-state index in [0.29, 0.717) is 5.69 Å². The SMILES string of the molecule is CC(=O)C(=O)Nc1cc(C)c(C)cc1C. The Morgan fingerprint density at radius 1 is 1.00 bits per heavy atom. The first-order valence-corrected chi connectivity index (χ1v) is 4.81. The Morgan fingerprint density at radius 2 is 1.53 bits per heavy atom. The van der Waals surface area contributed by atoms with Crippen LogP contribution in [0.15, 0.2) is 12.1 Å². The molecular formula is C12H15NO2. The summed E-state index contributed by atoms with van der Waals surface area (Å²) in [5, 5.41) is 2.59. The zero-order chi connectivity index (χ0) is 11.6. The quantitative estimate of drug-likeness (QED) is 0.752. The van der Waals surface area contributed by atoms with Crippen LogP contribution >= 0.6 is 0 Å². The summed E-state index contributed by atoms with van der Waals surface area (Å²) in [6, 6.07) is 3.87. The summed E-state index contributed by atoms with van der Waals surface area (Å²) in [6.07, 6.45) is 0. The molecule has 0 fully saturated rings. The van der Waals surface area contributed by atoms with Crippen LogP contribution in [0.1, 0.15) is 23.6 Å². The lowest BCUT2D eigenvalue weighted by molar-refractivity contribution is -0.133. The number of hydrogen-bond acceptors (Lipinski definition) is 2. The molecule has 1 amide bonds. The monoisotopic (exact) mass is 205 g/mol. The molecule has 0 saturated heterocycles. The van der Waals surface area contributed by atoms with E-state index in [-0.39, 0.29) is 0 Å². The van der Waals surface area contributed by atoms with Gasteiger partial charge in [-0.05, 0) is 43.5 Å². The van der Waals surface area contributed by atoms with E-state index in [4.69, 9.17) is 0 Å². The van der Waals surface area contributed by atoms with Crippen molar-refractivity contribution in [2.75, 3.05) is 5.32 Å². The van der Waals surface area contributed by atoms with Crippen LogP contribution in [0, 0.1) is 20.8 Å². The second kappa shape index (κ2) is 4.26. The fraction of sp³-hybridized carbons (Fsp3) is 0.333. The lowest BCUT2D eigenvalue weighted by Gasteiger charge is -2.10. The molecule has 0 aliphatic carbocycles. The molecule has 0 saturated carbocycles. The highest BCUT2D eigenvalue weighted by molar-refractivity contribution is 6.39. The highest BCUT2D eigenvalue weighted by atomic mass is 16.2. The maximum absolute atomic E-state index is 11.2. The number of nitrogens with one attached hydrogen (secondary N) is 1. The van der Waals surface area contributed by atoms with Crippen molar-refractivity contribution >= 4 is 17.4 Å². The molecule has 0 heterocycles. The summed E-state index contributed by atoms with van der Waals surface area (Å²) in [5.74, 6) is -1.05. The lowest BCUT2D eigenvalue weighted by atomic mass is 10.0. The second-order valence-electron chi connectivity index (χ2n) is 3.76. The number of carbonyl (C=O) groups is 2. The molecule has 0 aliphatic rings. The summed E-state index contributed by atoms with van der Waals surface area (Å²) in [7, 11) is 0. The van der Waals surface area contributed by atoms with Crippen LogP contribution in [0.4, 0.5) is 5.69 Å². The van der Waals surface area contributed by atoms with Gasteiger partial charge >= 0.3 is 0 Å². The molecular weight excluding hydrogens is 190 g/mol. The van der Waals surface area contributed by atoms with Gasteiger partial charge in [0.05, 0.1) is 0 Å². The molecule has 0 spiro atoms. The van der Waals surface area contributed by atoms with E-state index in [1.54, 1.807) is 0 Å². The van der Waals surface area contributed by atoms with E-state index in [1.807, 2.05) is 32.9 Å². The largest absolute Gasteiger partial charge is 0.319 e. The first kappa shape index (κ1) is 11.4. The summed E-state index contributed by atoms with van der Waals surface area (Å²) in [5.41, 5.74) is 3.94. The molecule has 0 aromatic heterocycles. The third-order valence-corrected chi connectivity index (χ3v) is 2.41. The Labute approximate surface area is 89.5 Å². The molecule has 0 atom stereocenters. The number of rotatable bonds is 2. The normalized spacial score (nSPS) is 9.87. The predicted octanol–water partition coefficient (Wildman–Crippen LogP) is 2.14. The van der Waals surface area contributed by atoms with Gasteiger partial charge < -0.3 is 5.32 Å². The van der Waals surface area contributed by atoms with Crippen molar-refractivity contribution in [2.45, 2.75) is 27.7 Å². The summed E-state index contributed by atoms with van der Waals surface area (Å²) >= 11 is 0. The van der Waals surface area contributed by atoms with Crippen LogP contribution < -0.4 is 5.32 Å². The molecule has 15 heavy (non-hydrogen) atoms. The fourth-order valence-electron chi connectivity index (χ4n) is 1.31. The molecule has 3 nitrogen and oxygen atoms in total. The van der Waals surface area contributed by atoms with E-state index in [2.05, 4.69) is 5.32 Å². The van der Waals surface area contributed by atoms with Gasteiger partial charge in [-0.25, -0.2) is 0 Å². The standard InChI is InChI=1S/C12H15NO2/c1-7-5-9(3)11(6-8(7)2)13-12(15)10(4)14/h5-6H,1-4H3,(H,13,15). The number of Topliss-reactive ketones (excluding diaryl/α,β-unsaturated/α-hetero) is 1. The summed E-state index contributed by atoms with van der Waals surface area (Å²) < 4.78 is 0. The van der Waals surface area contributed by atoms with Crippen molar-refractivity contribution in [3.05, 3.63) is 28.8 Å². The van der Waals surface area contributed by atoms with E-state index < -0.39 is 11.7 Å². The van der Waals surface area contributed by atoms with Gasteiger partial charge in [0, 0.05) is 12.6 Å². The van der Waals surface area contributed by atoms with Crippen LogP contribution in [-0.2, 0) is 9.59 Å². The predicted molar refractivity (Wildman–Crippen MR) is 60.0 cm³/mol. The number of benzene rings is 1. The van der Waals surface area contributed by atoms with Gasteiger partial charge in [0.15, 0.2) is 0 Å². The minimum Gasteiger partial charge on any atom is -0.319 e. The Hall–Kier alpha value is -1.64. The van der Waals surface area contributed by atoms with E-state index in [0.717, 1.165) is 11.1 Å². The average Bonchev–Trinajstić information content (AvgIpc) is 2.13. The zero-order valence-electron chi connectivity index (χ0n) is 9.47. The van der Waals surface area contributed by atoms with Crippen LogP contribution in [0.3, 0.4) is 0 Å². The maximum Gasteiger partial charge on any atom is 0.291 e. The topological polar surface area (TPSA) is 46.2 Å². The van der Waals surface area contributed by atoms with Crippen LogP contribution in [-0.4, -0.2) is 11.7 Å². The third-order valence-electron chi connectivity index (χ3n) is 2.41. The summed E-state index contributed by atoms with van der Waals surface area (Å²) in [4.78, 5) is 22.0. The number of anilines is 1. The second-order valence-corrected chi connectivity index (χ2v) is 3.76. The first-order chi connectivity index (χ1) is 6.91. The minimum absolute atomic E-state index is 0.479. The molecule has 1 N–H and O–H groups in total. The number of hydrogen-bond donors (Lipinski definition) is 1. The third kappa shape index (κ3) is 2.65. The molecule has 1 aromatic rings. The van der Waals surface area contributed by atoms with Crippen molar-refractivity contribution in [3.63, 3.8) is 0 Å². The van der Waals surface area contributed by atoms with Gasteiger partial charge in [0.1, 0.15) is 0 Å². The Bertz CT molecular complexity index is 422. The van der Waals surface area contributed by atoms with Gasteiger partial charge in [-0.15, -0.1) is 0 Å². The van der Waals surface area contributed by atoms with E-state index in [9.17, 15) is 9.59 Å². The van der Waals surface area contributed by atoms with Crippen LogP contribution in [0.25, 0.3) is 0 Å². The fourth-order valence-corrected chi connectivity index (χ4v) is 1.31. The Kier molecular flexibility index (Phi) is 3.24. The molecule has 3 heteroatoms. The van der Waals surface area contributed by atoms with E-state index >= 15 is 0 Å². The van der Waals surface area contributed by atoms with Crippen molar-refractivity contribution in [1.29, 1.82) is 0 Å². The van der Waals surface area contributed by atoms with E-state index in [1.165, 1.54) is 12.5 Å². The molecule has 0 aliphatic heterocycles. The zero-order valence-corrected chi connectivity index (χ0v) is 9.47. The molecule has 1 rings (SSSR count). The molecule has 0 unspecified atom stereocenters. The highest BCUT2D eigenvalue weighted by Crippen LogP contribution is 2.19. The van der Waals surface area contributed by atoms with Crippen molar-refractivity contribution in [3.8, 4) is 0 Å². The summed E-state index contributed by atoms with van der Waals surface area (Å²) in [6.45, 7) is 7.14. The van der Waals surface area contributed by atoms with Gasteiger partial charge in [-0.1, -0.05) is 6.07 Å². The number of aryl methyl sites for hydroxylation is 3. The van der Waals surface area contributed by atoms with Gasteiger partial charge in [0.25, 0.3) is 5.91 Å². The Balaban J connectivity index is 3.01. The highest BCUT2D eigenvalue weighted by Gasteiger charge is 2.09. The van der Waals surface area contributed by atoms with Crippen molar-refractivity contribution < 1.29 is 9.59 Å². The van der Waals surface area contributed by atoms with Gasteiger partial charge in [-0.2, -0.15) is 0 Å². The molecule has 0 radical (unpaired) electrons. The lowest BCUT2D eigenvalue weighted by Crippen LogP contribution is -2.20. The smallest absolute Gasteiger partial charge is 0.291 e. The number of amides is 1. The molecule has 1 aromatic carbocycles. The average molecular weight is 205 g/mol. The number of carbonyl (C=O) groups excluding carboxylic acids is 2. The first-order valence-electron chi connectivity index (χ1n) is 4.81. The van der Waals surface area contributed by atoms with Crippen molar-refractivity contribution in [1.82, 2.24) is 0 Å². The number of ketones is 1. The molecule has 0 bridgehead atoms. The van der Waals surface area contributed by atoms with Gasteiger partial charge in [0.2, 0.25) is 5.78 Å². The van der Waals surface area contributed by atoms with Crippen LogP contribution in [0.2, 0.25) is 0 Å². The molecule has 80 valence electrons. The maximum atomic E-state index is 11.2. The van der Waals surface area contributed by atoms with Gasteiger partial charge in [-0.3, -0.25) is 9.59 Å². The Morgan fingerprint density at radius 3 is 2.07 bits per heavy atom. The minimum atomic E-state index is -0.568. The van der Waals surface area contributed by atoms with Crippen LogP contribution in [0.5, 0.6) is 0 Å².